The van der Waals surface area contributed by atoms with Gasteiger partial charge in [-0.3, -0.25) is 0 Å². The van der Waals surface area contributed by atoms with E-state index in [1.165, 1.54) is 0 Å². The van der Waals surface area contributed by atoms with E-state index in [4.69, 9.17) is 33.3 Å². The summed E-state index contributed by atoms with van der Waals surface area (Å²) in [5, 5.41) is 0. The molecule has 2 rings (SSSR count). The van der Waals surface area contributed by atoms with Crippen molar-refractivity contribution < 1.29 is 33.3 Å². The van der Waals surface area contributed by atoms with Gasteiger partial charge in [-0.15, -0.1) is 0 Å². The predicted octanol–water partition coefficient (Wildman–Crippen LogP) is 3.62. The van der Waals surface area contributed by atoms with Crippen LogP contribution in [0, 0.1) is 0 Å². The minimum absolute atomic E-state index is 0.0355. The fourth-order valence-corrected chi connectivity index (χ4v) is 2.79. The van der Waals surface area contributed by atoms with Crippen molar-refractivity contribution in [2.45, 2.75) is 6.61 Å². The summed E-state index contributed by atoms with van der Waals surface area (Å²) in [4.78, 5) is 17.9. The molecule has 8 heteroatoms. The first-order chi connectivity index (χ1) is 13.0. The summed E-state index contributed by atoms with van der Waals surface area (Å²) >= 11 is 0. The summed E-state index contributed by atoms with van der Waals surface area (Å²) in [6.07, 6.45) is 3.81. The van der Waals surface area contributed by atoms with Gasteiger partial charge in [-0.25, -0.2) is 0 Å². The van der Waals surface area contributed by atoms with Gasteiger partial charge in [0.1, 0.15) is 5.75 Å². The maximum Gasteiger partial charge on any atom is 0.327 e. The van der Waals surface area contributed by atoms with Gasteiger partial charge in [0.2, 0.25) is 5.75 Å². The zero-order chi connectivity index (χ0) is 19.8. The Hall–Kier alpha value is -2.31. The van der Waals surface area contributed by atoms with Crippen LogP contribution in [0.3, 0.4) is 0 Å². The van der Waals surface area contributed by atoms with E-state index in [1.807, 2.05) is 36.4 Å². The summed E-state index contributed by atoms with van der Waals surface area (Å²) in [6, 6.07) is 9.22. The van der Waals surface area contributed by atoms with Gasteiger partial charge in [0.05, 0.1) is 35.0 Å². The highest BCUT2D eigenvalue weighted by molar-refractivity contribution is 7.39. The first-order valence-electron chi connectivity index (χ1n) is 7.98. The van der Waals surface area contributed by atoms with Gasteiger partial charge in [0.15, 0.2) is 11.5 Å². The van der Waals surface area contributed by atoms with Crippen molar-refractivity contribution in [2.75, 3.05) is 28.4 Å². The molecule has 0 amide bonds. The molecule has 7 nitrogen and oxygen atoms in total. The lowest BCUT2D eigenvalue weighted by molar-refractivity contribution is 0.242. The van der Waals surface area contributed by atoms with Crippen molar-refractivity contribution in [3.8, 4) is 23.0 Å². The van der Waals surface area contributed by atoms with Crippen molar-refractivity contribution in [1.82, 2.24) is 0 Å². The van der Waals surface area contributed by atoms with E-state index in [0.29, 0.717) is 28.6 Å². The topological polar surface area (TPSA) is 86.6 Å². The zero-order valence-corrected chi connectivity index (χ0v) is 16.5. The molecule has 0 aromatic heterocycles. The molecule has 2 N–H and O–H groups in total. The highest BCUT2D eigenvalue weighted by atomic mass is 31.2. The second kappa shape index (κ2) is 10.1. The van der Waals surface area contributed by atoms with Crippen LogP contribution in [0.25, 0.3) is 12.2 Å². The van der Waals surface area contributed by atoms with Crippen LogP contribution in [0.4, 0.5) is 0 Å². The first-order valence-corrected chi connectivity index (χ1v) is 9.14. The number of ether oxygens (including phenoxy) is 4. The lowest BCUT2D eigenvalue weighted by atomic mass is 10.1. The van der Waals surface area contributed by atoms with Crippen molar-refractivity contribution in [2.24, 2.45) is 0 Å². The summed E-state index contributed by atoms with van der Waals surface area (Å²) < 4.78 is 26.2. The first kappa shape index (κ1) is 21.0. The van der Waals surface area contributed by atoms with Crippen LogP contribution in [0.2, 0.25) is 0 Å². The molecule has 0 atom stereocenters. The Kier molecular flexibility index (Phi) is 7.88. The molecular weight excluding hydrogens is 371 g/mol. The van der Waals surface area contributed by atoms with Gasteiger partial charge >= 0.3 is 8.60 Å². The smallest absolute Gasteiger partial charge is 0.327 e. The number of hydrogen-bond acceptors (Lipinski definition) is 7. The Labute approximate surface area is 159 Å². The second-order valence-corrected chi connectivity index (χ2v) is 6.15. The molecule has 0 heterocycles. The number of benzene rings is 2. The minimum atomic E-state index is -2.42. The van der Waals surface area contributed by atoms with E-state index in [-0.39, 0.29) is 6.61 Å². The van der Waals surface area contributed by atoms with Gasteiger partial charge < -0.3 is 33.3 Å². The SMILES string of the molecule is COc1ccc(/C=C\c2cc(OC)c(OC)c(OC)c2)cc1COP(O)O. The molecule has 27 heavy (non-hydrogen) atoms. The van der Waals surface area contributed by atoms with Crippen molar-refractivity contribution >= 4 is 20.8 Å². The average Bonchev–Trinajstić information content (AvgIpc) is 2.69. The Bertz CT molecular complexity index is 765. The average molecular weight is 394 g/mol. The van der Waals surface area contributed by atoms with Crippen LogP contribution in [-0.4, -0.2) is 38.2 Å². The van der Waals surface area contributed by atoms with Crippen molar-refractivity contribution in [3.63, 3.8) is 0 Å². The summed E-state index contributed by atoms with van der Waals surface area (Å²) in [7, 11) is 3.81. The summed E-state index contributed by atoms with van der Waals surface area (Å²) in [5.41, 5.74) is 2.47. The molecule has 0 unspecified atom stereocenters. The van der Waals surface area contributed by atoms with E-state index < -0.39 is 8.60 Å². The van der Waals surface area contributed by atoms with Gasteiger partial charge in [-0.1, -0.05) is 18.2 Å². The molecule has 0 fully saturated rings. The van der Waals surface area contributed by atoms with Gasteiger partial charge in [-0.2, -0.15) is 0 Å². The molecule has 2 aromatic rings. The van der Waals surface area contributed by atoms with Crippen LogP contribution in [-0.2, 0) is 11.1 Å². The maximum absolute atomic E-state index is 8.95. The molecule has 0 spiro atoms. The normalized spacial score (nSPS) is 11.1. The third-order valence-electron chi connectivity index (χ3n) is 3.80. The van der Waals surface area contributed by atoms with Crippen LogP contribution < -0.4 is 18.9 Å². The molecule has 0 aliphatic carbocycles. The predicted molar refractivity (Wildman–Crippen MR) is 104 cm³/mol. The van der Waals surface area contributed by atoms with E-state index in [9.17, 15) is 0 Å². The van der Waals surface area contributed by atoms with Gasteiger partial charge in [0.25, 0.3) is 0 Å². The van der Waals surface area contributed by atoms with E-state index >= 15 is 0 Å². The molecule has 2 aromatic carbocycles. The highest BCUT2D eigenvalue weighted by Gasteiger charge is 2.12. The van der Waals surface area contributed by atoms with Crippen LogP contribution in [0.15, 0.2) is 30.3 Å². The molecule has 0 aliphatic heterocycles. The standard InChI is InChI=1S/C19H23O7P/c1-22-16-8-7-13(9-15(16)12-26-27(20)21)5-6-14-10-17(23-2)19(25-4)18(11-14)24-3/h5-11,20-21H,12H2,1-4H3/b6-5-. The highest BCUT2D eigenvalue weighted by Crippen LogP contribution is 2.38. The molecular formula is C19H23O7P. The zero-order valence-electron chi connectivity index (χ0n) is 15.6. The largest absolute Gasteiger partial charge is 0.496 e. The lowest BCUT2D eigenvalue weighted by Gasteiger charge is -2.13. The molecule has 0 aliphatic rings. The second-order valence-electron chi connectivity index (χ2n) is 5.39. The van der Waals surface area contributed by atoms with Gasteiger partial charge in [-0.05, 0) is 35.4 Å². The Morgan fingerprint density at radius 2 is 1.37 bits per heavy atom. The number of rotatable bonds is 9. The fraction of sp³-hybridized carbons (Fsp3) is 0.263. The van der Waals surface area contributed by atoms with E-state index in [1.54, 1.807) is 34.5 Å². The third-order valence-corrected chi connectivity index (χ3v) is 4.16. The molecule has 0 bridgehead atoms. The van der Waals surface area contributed by atoms with Crippen molar-refractivity contribution in [1.29, 1.82) is 0 Å². The Morgan fingerprint density at radius 1 is 0.778 bits per heavy atom. The molecule has 0 saturated carbocycles. The fourth-order valence-electron chi connectivity index (χ4n) is 2.53. The van der Waals surface area contributed by atoms with E-state index in [0.717, 1.165) is 11.1 Å². The Morgan fingerprint density at radius 3 is 1.89 bits per heavy atom. The monoisotopic (exact) mass is 394 g/mol. The van der Waals surface area contributed by atoms with Crippen molar-refractivity contribution in [3.05, 3.63) is 47.0 Å². The van der Waals surface area contributed by atoms with Gasteiger partial charge in [0, 0.05) is 5.56 Å². The van der Waals surface area contributed by atoms with E-state index in [2.05, 4.69) is 0 Å². The summed E-state index contributed by atoms with van der Waals surface area (Å²) in [5.74, 6) is 2.28. The minimum Gasteiger partial charge on any atom is -0.496 e. The molecule has 0 saturated heterocycles. The van der Waals surface area contributed by atoms with Crippen LogP contribution in [0.1, 0.15) is 16.7 Å². The molecule has 0 radical (unpaired) electrons. The summed E-state index contributed by atoms with van der Waals surface area (Å²) in [6.45, 7) is 0.0355. The Balaban J connectivity index is 2.30. The molecule has 146 valence electrons. The number of methoxy groups -OCH3 is 4. The lowest BCUT2D eigenvalue weighted by Crippen LogP contribution is -1.95. The third kappa shape index (κ3) is 5.58. The van der Waals surface area contributed by atoms with Crippen LogP contribution >= 0.6 is 8.60 Å². The quantitative estimate of drug-likeness (QED) is 0.496. The van der Waals surface area contributed by atoms with Crippen LogP contribution in [0.5, 0.6) is 23.0 Å². The number of hydrogen-bond donors (Lipinski definition) is 2. The maximum atomic E-state index is 8.95.